The molecule has 0 bridgehead atoms. The molecule has 33 heteroatoms. The molecule has 0 unspecified atom stereocenters. The van der Waals surface area contributed by atoms with Crippen LogP contribution in [0.15, 0.2) is 118 Å². The molecule has 404 valence electrons. The summed E-state index contributed by atoms with van der Waals surface area (Å²) in [5.74, 6) is -4.23. The summed E-state index contributed by atoms with van der Waals surface area (Å²) in [6, 6.07) is 32.2. The maximum absolute atomic E-state index is 13.5. The number of nitriles is 1. The first-order chi connectivity index (χ1) is 38.6. The van der Waals surface area contributed by atoms with E-state index in [1.807, 2.05) is 41.5 Å². The van der Waals surface area contributed by atoms with Gasteiger partial charge < -0.3 is 36.4 Å². The van der Waals surface area contributed by atoms with Gasteiger partial charge in [-0.15, -0.1) is 43.7 Å². The summed E-state index contributed by atoms with van der Waals surface area (Å²) < 4.78 is 4.63. The van der Waals surface area contributed by atoms with Crippen LogP contribution in [-0.2, 0) is 30.0 Å². The Hall–Kier alpha value is -3.81. The summed E-state index contributed by atoms with van der Waals surface area (Å²) >= 11 is 0. The van der Waals surface area contributed by atoms with E-state index in [1.165, 1.54) is 45.8 Å². The number of aromatic nitrogens is 11. The largest absolute Gasteiger partial charge is 1.00 e. The van der Waals surface area contributed by atoms with E-state index in [9.17, 15) is 30.2 Å². The van der Waals surface area contributed by atoms with Gasteiger partial charge in [-0.1, -0.05) is 102 Å². The number of azo groups is 2. The zero-order valence-electron chi connectivity index (χ0n) is 48.2. The predicted octanol–water partition coefficient (Wildman–Crippen LogP) is -9.78. The van der Waals surface area contributed by atoms with Crippen molar-refractivity contribution in [2.45, 2.75) is 52.4 Å². The number of carboxylic acids is 2. The molecule has 0 saturated carbocycles. The summed E-state index contributed by atoms with van der Waals surface area (Å²) in [7, 11) is 0. The maximum Gasteiger partial charge on any atom is 1.00 e. The van der Waals surface area contributed by atoms with Crippen molar-refractivity contribution in [1.29, 1.82) is 5.26 Å². The molecule has 86 heavy (non-hydrogen) atoms. The van der Waals surface area contributed by atoms with Gasteiger partial charge in [0.1, 0.15) is 23.0 Å². The molecular formula is C53H38K5N19O9. The topological polar surface area (TPSA) is 411 Å². The Morgan fingerprint density at radius 2 is 0.977 bits per heavy atom. The summed E-state index contributed by atoms with van der Waals surface area (Å²) in [6.07, 6.45) is 0.500. The molecule has 0 aliphatic rings. The van der Waals surface area contributed by atoms with Crippen LogP contribution in [0.3, 0.4) is 0 Å². The number of aromatic carboxylic acids is 2. The third kappa shape index (κ3) is 18.2. The summed E-state index contributed by atoms with van der Waals surface area (Å²) in [6.45, 7) is 19.1. The third-order valence-corrected chi connectivity index (χ3v) is 11.2. The SMILES string of the molecule is O=C=O.O=C=O.[C-]#[N+]c1c(-c2ccccc2)nn(-c2c[c-]cc(C(=O)[O-])c2)c1N=Nc1c(C(C)(C)C)nn(-c2nc([O-])nc(-n3nc(C(C)(C)C)c(N=Nc4c(C#N)c(-c5ccccc5)nn4-c4c[c-]cc(C(=O)[O-])c4)c3N)n2)c1N.[K+].[K+].[K+].[K+].[K+]. The van der Waals surface area contributed by atoms with Gasteiger partial charge in [-0.25, -0.2) is 14.8 Å². The van der Waals surface area contributed by atoms with Gasteiger partial charge in [0.15, 0.2) is 34.6 Å². The molecule has 4 N–H and O–H groups in total. The average Bonchev–Trinajstić information content (AvgIpc) is 2.36. The van der Waals surface area contributed by atoms with Gasteiger partial charge in [-0.3, -0.25) is 9.36 Å². The summed E-state index contributed by atoms with van der Waals surface area (Å²) in [4.78, 5) is 72.6. The van der Waals surface area contributed by atoms with Crippen LogP contribution in [-0.4, -0.2) is 78.3 Å². The number of rotatable bonds is 12. The zero-order valence-corrected chi connectivity index (χ0v) is 63.8. The molecule has 0 radical (unpaired) electrons. The molecule has 4 aromatic carbocycles. The van der Waals surface area contributed by atoms with Crippen LogP contribution in [0.5, 0.6) is 6.01 Å². The van der Waals surface area contributed by atoms with Gasteiger partial charge in [0.2, 0.25) is 0 Å². The van der Waals surface area contributed by atoms with Crippen LogP contribution in [0.4, 0.5) is 40.3 Å². The van der Waals surface area contributed by atoms with Gasteiger partial charge in [0, 0.05) is 28.3 Å². The smallest absolute Gasteiger partial charge is 0.844 e. The fraction of sp³-hybridized carbons (Fsp3) is 0.151. The Morgan fingerprint density at radius 3 is 1.36 bits per heavy atom. The Morgan fingerprint density at radius 1 is 0.593 bits per heavy atom. The second-order valence-electron chi connectivity index (χ2n) is 18.7. The monoisotopic (exact) mass is 1280 g/mol. The molecule has 0 fully saturated rings. The number of benzene rings is 4. The van der Waals surface area contributed by atoms with Crippen LogP contribution in [0.2, 0.25) is 0 Å². The van der Waals surface area contributed by atoms with Crippen molar-refractivity contribution >= 4 is 64.6 Å². The van der Waals surface area contributed by atoms with Crippen molar-refractivity contribution in [3.05, 3.63) is 149 Å². The first-order valence-corrected chi connectivity index (χ1v) is 23.2. The molecule has 28 nitrogen and oxygen atoms in total. The van der Waals surface area contributed by atoms with Gasteiger partial charge >= 0.3 is 269 Å². The van der Waals surface area contributed by atoms with Crippen molar-refractivity contribution in [2.24, 2.45) is 20.5 Å². The minimum Gasteiger partial charge on any atom is -0.844 e. The standard InChI is InChI=1S/C51H41N19O5.2CO2.5K/c1-50(2,3)39-37(59-61-43-33(26-52)34(27-16-10-8-11-17-27)63-67(43)31-22-14-20-29(24-31)45(71)72)41(53)69(65-39)47-56-48(58-49(75)57-47)70-42(54)38(40(66-70)51(4,5)6)60-62-44-36(55-7)35(28-18-12-9-13-19-28)64-68(44)32-23-15-21-30(25-32)46(73)74;2*2-1-3;;;;;/h8-13,16-25H,53-54H2,1-6H3,(H,71,72)(H,73,74)(H,56,57,58,75);;;;;;;/q-2;;;5*+1/p-3. The zero-order chi connectivity index (χ0) is 58.9. The van der Waals surface area contributed by atoms with Crippen LogP contribution in [0.25, 0.3) is 50.6 Å². The van der Waals surface area contributed by atoms with Crippen LogP contribution < -0.4 is 284 Å². The number of carbonyl (C=O) groups excluding carboxylic acids is 6. The van der Waals surface area contributed by atoms with E-state index >= 15 is 0 Å². The molecule has 0 atom stereocenters. The van der Waals surface area contributed by atoms with Crippen molar-refractivity contribution in [2.75, 3.05) is 11.5 Å². The minimum atomic E-state index is -1.46. The molecule has 9 rings (SSSR count). The Bertz CT molecular complexity index is 3870. The molecule has 0 aliphatic carbocycles. The minimum absolute atomic E-state index is 0. The van der Waals surface area contributed by atoms with Crippen LogP contribution in [0, 0.1) is 30.0 Å². The van der Waals surface area contributed by atoms with E-state index in [0.29, 0.717) is 11.1 Å². The normalized spacial score (nSPS) is 10.5. The van der Waals surface area contributed by atoms with Crippen molar-refractivity contribution in [1.82, 2.24) is 54.1 Å². The predicted molar refractivity (Wildman–Crippen MR) is 273 cm³/mol. The van der Waals surface area contributed by atoms with Gasteiger partial charge in [-0.2, -0.15) is 95.6 Å². The fourth-order valence-electron chi connectivity index (χ4n) is 7.62. The number of nitrogens with zero attached hydrogens (tertiary/aromatic N) is 17. The number of hydrogen-bond acceptors (Lipinski definition) is 23. The number of nitrogens with two attached hydrogens (primary N) is 2. The van der Waals surface area contributed by atoms with Gasteiger partial charge in [0.05, 0.1) is 24.0 Å². The molecular weight excluding hydrogens is 1240 g/mol. The number of anilines is 2. The van der Waals surface area contributed by atoms with Crippen molar-refractivity contribution < 1.29 is 301 Å². The van der Waals surface area contributed by atoms with E-state index in [0.717, 1.165) is 9.36 Å². The molecule has 0 aliphatic heterocycles. The van der Waals surface area contributed by atoms with Crippen LogP contribution in [0.1, 0.15) is 79.2 Å². The van der Waals surface area contributed by atoms with Crippen molar-refractivity contribution in [3.8, 4) is 57.9 Å². The second-order valence-corrected chi connectivity index (χ2v) is 18.7. The molecule has 0 spiro atoms. The van der Waals surface area contributed by atoms with Gasteiger partial charge in [-0.05, 0) is 16.9 Å². The number of hydrogen-bond donors (Lipinski definition) is 2. The molecule has 5 heterocycles. The van der Waals surface area contributed by atoms with Crippen molar-refractivity contribution in [3.63, 3.8) is 0 Å². The quantitative estimate of drug-likeness (QED) is 0.0651. The average molecular weight is 1280 g/mol. The Kier molecular flexibility index (Phi) is 31.8. The Labute approximate surface area is 702 Å². The fourth-order valence-corrected chi connectivity index (χ4v) is 7.62. The first kappa shape index (κ1) is 78.3. The van der Waals surface area contributed by atoms with E-state index < -0.39 is 28.8 Å². The van der Waals surface area contributed by atoms with E-state index in [2.05, 4.69) is 68.7 Å². The van der Waals surface area contributed by atoms with E-state index in [-0.39, 0.29) is 372 Å². The van der Waals surface area contributed by atoms with Gasteiger partial charge in [0.25, 0.3) is 17.6 Å². The number of carbonyl (C=O) groups is 2. The van der Waals surface area contributed by atoms with E-state index in [1.54, 1.807) is 60.7 Å². The number of nitrogen functional groups attached to an aromatic ring is 2. The summed E-state index contributed by atoms with van der Waals surface area (Å²) in [5.41, 5.74) is 14.0. The first-order valence-electron chi connectivity index (χ1n) is 23.2. The molecule has 5 aromatic heterocycles. The molecule has 0 saturated heterocycles. The molecule has 0 amide bonds. The second kappa shape index (κ2) is 35.0. The van der Waals surface area contributed by atoms with Crippen LogP contribution >= 0.6 is 0 Å². The van der Waals surface area contributed by atoms with E-state index in [4.69, 9.17) is 47.4 Å². The number of carboxylic acid groups (broad SMARTS) is 2. The molecule has 9 aromatic rings. The third-order valence-electron chi connectivity index (χ3n) is 11.2. The maximum atomic E-state index is 13.5. The Balaban J connectivity index is 0.00000220. The summed E-state index contributed by atoms with van der Waals surface area (Å²) in [5, 5.41) is 84.5.